The molecule has 2 atom stereocenters. The maximum atomic E-state index is 13.2. The van der Waals surface area contributed by atoms with E-state index in [1.165, 1.54) is 23.1 Å². The van der Waals surface area contributed by atoms with Crippen LogP contribution in [0.1, 0.15) is 16.7 Å². The van der Waals surface area contributed by atoms with Gasteiger partial charge in [0.25, 0.3) is 0 Å². The Bertz CT molecular complexity index is 1110. The number of hydrogen-bond acceptors (Lipinski definition) is 2. The molecule has 1 aliphatic heterocycles. The van der Waals surface area contributed by atoms with Crippen LogP contribution >= 0.6 is 0 Å². The molecule has 1 aliphatic carbocycles. The van der Waals surface area contributed by atoms with Crippen molar-refractivity contribution >= 4 is 22.4 Å². The van der Waals surface area contributed by atoms with Crippen LogP contribution in [0.4, 0.5) is 4.39 Å². The molecule has 0 saturated heterocycles. The fourth-order valence-corrected chi connectivity index (χ4v) is 4.70. The zero-order chi connectivity index (χ0) is 19.4. The van der Waals surface area contributed by atoms with Crippen molar-refractivity contribution in [1.82, 2.24) is 9.47 Å². The summed E-state index contributed by atoms with van der Waals surface area (Å²) in [5.41, 5.74) is 5.74. The molecule has 142 valence electrons. The molecule has 5 heteroatoms. The van der Waals surface area contributed by atoms with E-state index in [0.29, 0.717) is 13.1 Å². The first kappa shape index (κ1) is 17.2. The van der Waals surface area contributed by atoms with Crippen LogP contribution in [0.5, 0.6) is 0 Å². The first-order valence-corrected chi connectivity index (χ1v) is 9.51. The number of halogens is 1. The molecule has 0 fully saturated rings. The summed E-state index contributed by atoms with van der Waals surface area (Å²) >= 11 is 0. The maximum Gasteiger partial charge on any atom is 0.311 e. The summed E-state index contributed by atoms with van der Waals surface area (Å²) in [6, 6.07) is 13.1. The summed E-state index contributed by atoms with van der Waals surface area (Å²) in [4.78, 5) is 13.8. The third-order valence-corrected chi connectivity index (χ3v) is 6.05. The highest BCUT2D eigenvalue weighted by Crippen LogP contribution is 2.41. The number of aliphatic carboxylic acids is 1. The molecular weight excluding hydrogens is 355 g/mol. The number of nitrogens with zero attached hydrogens (tertiary/aromatic N) is 2. The van der Waals surface area contributed by atoms with E-state index >= 15 is 0 Å². The highest BCUT2D eigenvalue weighted by atomic mass is 19.1. The summed E-state index contributed by atoms with van der Waals surface area (Å²) in [5.74, 6) is -1.48. The van der Waals surface area contributed by atoms with Crippen LogP contribution in [0.25, 0.3) is 16.5 Å². The number of likely N-dealkylation sites (N-methyl/N-ethyl adjacent to an activating group) is 1. The van der Waals surface area contributed by atoms with Crippen molar-refractivity contribution in [2.24, 2.45) is 5.92 Å². The van der Waals surface area contributed by atoms with Gasteiger partial charge in [-0.1, -0.05) is 30.3 Å². The van der Waals surface area contributed by atoms with Crippen molar-refractivity contribution < 1.29 is 14.3 Å². The average molecular weight is 376 g/mol. The van der Waals surface area contributed by atoms with Crippen LogP contribution in [-0.2, 0) is 17.8 Å². The molecule has 0 unspecified atom stereocenters. The fraction of sp³-hybridized carbons (Fsp3) is 0.261. The molecule has 28 heavy (non-hydrogen) atoms. The molecule has 2 heterocycles. The number of benzene rings is 2. The molecule has 1 N–H and O–H groups in total. The van der Waals surface area contributed by atoms with Crippen LogP contribution in [0, 0.1) is 11.7 Å². The molecule has 3 aromatic rings. The highest BCUT2D eigenvalue weighted by Gasteiger charge is 2.35. The van der Waals surface area contributed by atoms with E-state index in [1.54, 1.807) is 0 Å². The van der Waals surface area contributed by atoms with Gasteiger partial charge in [-0.3, -0.25) is 9.69 Å². The lowest BCUT2D eigenvalue weighted by Gasteiger charge is -2.38. The molecule has 0 spiro atoms. The fourth-order valence-electron chi connectivity index (χ4n) is 4.70. The smallest absolute Gasteiger partial charge is 0.311 e. The van der Waals surface area contributed by atoms with E-state index in [4.69, 9.17) is 0 Å². The second-order valence-electron chi connectivity index (χ2n) is 7.83. The van der Waals surface area contributed by atoms with Crippen molar-refractivity contribution in [3.05, 3.63) is 77.2 Å². The Balaban J connectivity index is 1.63. The lowest BCUT2D eigenvalue weighted by molar-refractivity contribution is -0.140. The van der Waals surface area contributed by atoms with Crippen LogP contribution in [0.3, 0.4) is 0 Å². The number of carboxylic acids is 1. The Kier molecular flexibility index (Phi) is 3.88. The van der Waals surface area contributed by atoms with Gasteiger partial charge in [-0.25, -0.2) is 4.39 Å². The number of hydrogen-bond donors (Lipinski definition) is 1. The second-order valence-corrected chi connectivity index (χ2v) is 7.83. The molecule has 2 aliphatic rings. The normalized spacial score (nSPS) is 21.4. The Morgan fingerprint density at radius 1 is 1.21 bits per heavy atom. The molecular formula is C23H21FN2O2. The summed E-state index contributed by atoms with van der Waals surface area (Å²) in [5, 5.41) is 10.7. The monoisotopic (exact) mass is 376 g/mol. The predicted molar refractivity (Wildman–Crippen MR) is 107 cm³/mol. The average Bonchev–Trinajstić information content (AvgIpc) is 3.03. The predicted octanol–water partition coefficient (Wildman–Crippen LogP) is 3.78. The molecule has 4 nitrogen and oxygen atoms in total. The highest BCUT2D eigenvalue weighted by molar-refractivity contribution is 5.99. The van der Waals surface area contributed by atoms with Gasteiger partial charge in [-0.15, -0.1) is 0 Å². The van der Waals surface area contributed by atoms with Crippen LogP contribution in [0.2, 0.25) is 0 Å². The zero-order valence-corrected chi connectivity index (χ0v) is 15.6. The standard InChI is InChI=1S/C23H21FN2O2/c1-25-12-16(23(27)28)9-19-18-3-2-4-20-22(18)15(10-21(19)25)13-26(20)11-14-5-7-17(24)8-6-14/h2-9,13,16,21H,10-12H2,1H3,(H,27,28)/t16-,21-/m1/s1. The minimum absolute atomic E-state index is 0.204. The lowest BCUT2D eigenvalue weighted by atomic mass is 9.80. The Hall–Kier alpha value is -2.92. The molecule has 0 radical (unpaired) electrons. The summed E-state index contributed by atoms with van der Waals surface area (Å²) < 4.78 is 15.5. The van der Waals surface area contributed by atoms with Gasteiger partial charge < -0.3 is 9.67 Å². The summed E-state index contributed by atoms with van der Waals surface area (Å²) in [6.45, 7) is 1.21. The molecule has 1 aromatic heterocycles. The third-order valence-electron chi connectivity index (χ3n) is 6.05. The quantitative estimate of drug-likeness (QED) is 0.757. The van der Waals surface area contributed by atoms with Crippen molar-refractivity contribution in [2.75, 3.05) is 13.6 Å². The van der Waals surface area contributed by atoms with Gasteiger partial charge >= 0.3 is 5.97 Å². The molecule has 2 aromatic carbocycles. The number of carbonyl (C=O) groups is 1. The molecule has 5 rings (SSSR count). The van der Waals surface area contributed by atoms with Crippen molar-refractivity contribution in [2.45, 2.75) is 19.0 Å². The van der Waals surface area contributed by atoms with Crippen molar-refractivity contribution in [3.8, 4) is 0 Å². The topological polar surface area (TPSA) is 45.5 Å². The minimum atomic E-state index is -0.773. The van der Waals surface area contributed by atoms with Gasteiger partial charge in [0.05, 0.1) is 5.92 Å². The third kappa shape index (κ3) is 2.66. The van der Waals surface area contributed by atoms with Crippen LogP contribution in [-0.4, -0.2) is 40.2 Å². The number of carboxylic acid groups (broad SMARTS) is 1. The summed E-state index contributed by atoms with van der Waals surface area (Å²) in [6.07, 6.45) is 5.02. The van der Waals surface area contributed by atoms with E-state index in [9.17, 15) is 14.3 Å². The first-order valence-electron chi connectivity index (χ1n) is 9.51. The van der Waals surface area contributed by atoms with E-state index < -0.39 is 11.9 Å². The largest absolute Gasteiger partial charge is 0.481 e. The van der Waals surface area contributed by atoms with Gasteiger partial charge in [-0.2, -0.15) is 0 Å². The maximum absolute atomic E-state index is 13.2. The lowest BCUT2D eigenvalue weighted by Crippen LogP contribution is -2.44. The Morgan fingerprint density at radius 3 is 2.75 bits per heavy atom. The molecule has 0 amide bonds. The van der Waals surface area contributed by atoms with Crippen LogP contribution < -0.4 is 0 Å². The first-order chi connectivity index (χ1) is 13.5. The molecule has 0 saturated carbocycles. The van der Waals surface area contributed by atoms with Gasteiger partial charge in [0, 0.05) is 36.2 Å². The Morgan fingerprint density at radius 2 is 2.00 bits per heavy atom. The van der Waals surface area contributed by atoms with Crippen molar-refractivity contribution in [1.29, 1.82) is 0 Å². The van der Waals surface area contributed by atoms with E-state index in [2.05, 4.69) is 27.8 Å². The van der Waals surface area contributed by atoms with E-state index in [1.807, 2.05) is 31.3 Å². The van der Waals surface area contributed by atoms with Gasteiger partial charge in [0.2, 0.25) is 0 Å². The minimum Gasteiger partial charge on any atom is -0.481 e. The van der Waals surface area contributed by atoms with Crippen LogP contribution in [0.15, 0.2) is 54.7 Å². The SMILES string of the molecule is CN1C[C@H](C(=O)O)C=C2c3cccc4c3c(cn4Cc3ccc(F)cc3)C[C@H]21. The van der Waals surface area contributed by atoms with Crippen molar-refractivity contribution in [3.63, 3.8) is 0 Å². The summed E-state index contributed by atoms with van der Waals surface area (Å²) in [7, 11) is 2.01. The number of aromatic nitrogens is 1. The number of rotatable bonds is 3. The van der Waals surface area contributed by atoms with E-state index in [0.717, 1.165) is 28.6 Å². The molecule has 0 bridgehead atoms. The van der Waals surface area contributed by atoms with Gasteiger partial charge in [0.15, 0.2) is 0 Å². The Labute approximate surface area is 162 Å². The second kappa shape index (κ2) is 6.31. The zero-order valence-electron chi connectivity index (χ0n) is 15.6. The van der Waals surface area contributed by atoms with E-state index in [-0.39, 0.29) is 11.9 Å². The number of fused-ring (bicyclic) bond motifs is 2. The van der Waals surface area contributed by atoms with Gasteiger partial charge in [0.1, 0.15) is 5.82 Å². The van der Waals surface area contributed by atoms with Gasteiger partial charge in [-0.05, 0) is 53.9 Å².